The number of hydrogen-bond donors (Lipinski definition) is 0. The van der Waals surface area contributed by atoms with Gasteiger partial charge >= 0.3 is 0 Å². The quantitative estimate of drug-likeness (QED) is 0.406. The Labute approximate surface area is 123 Å². The van der Waals surface area contributed by atoms with Crippen LogP contribution in [0, 0.1) is 18.4 Å². The van der Waals surface area contributed by atoms with Gasteiger partial charge in [0.05, 0.1) is 17.8 Å². The minimum Gasteiger partial charge on any atom is -0.369 e. The second kappa shape index (κ2) is 6.71. The maximum absolute atomic E-state index is 6.78. The molecule has 6 atom stereocenters. The van der Waals surface area contributed by atoms with E-state index < -0.39 is 8.38 Å². The third-order valence-electron chi connectivity index (χ3n) is 4.84. The monoisotopic (exact) mass is 299 g/mol. The van der Waals surface area contributed by atoms with Crippen molar-refractivity contribution in [3.05, 3.63) is 11.4 Å². The van der Waals surface area contributed by atoms with Gasteiger partial charge in [-0.2, -0.15) is 0 Å². The molecule has 2 rings (SSSR count). The van der Waals surface area contributed by atoms with Crippen molar-refractivity contribution < 1.29 is 13.8 Å². The van der Waals surface area contributed by atoms with E-state index in [9.17, 15) is 0 Å². The molecule has 0 N–H and O–H groups in total. The first kappa shape index (κ1) is 16.2. The van der Waals surface area contributed by atoms with Gasteiger partial charge in [0.25, 0.3) is 0 Å². The summed E-state index contributed by atoms with van der Waals surface area (Å²) in [6.45, 7) is 16.3. The van der Waals surface area contributed by atoms with E-state index in [1.54, 1.807) is 0 Å². The molecule has 2 aliphatic rings. The van der Waals surface area contributed by atoms with E-state index in [0.717, 1.165) is 12.8 Å². The average Bonchev–Trinajstić information content (AvgIpc) is 2.87. The van der Waals surface area contributed by atoms with Crippen molar-refractivity contribution in [2.24, 2.45) is 11.8 Å². The molecule has 0 aromatic heterocycles. The molecule has 1 aliphatic heterocycles. The highest BCUT2D eigenvalue weighted by atomic mass is 31.2. The van der Waals surface area contributed by atoms with Crippen molar-refractivity contribution in [2.45, 2.75) is 57.8 Å². The third-order valence-corrected chi connectivity index (χ3v) is 5.91. The molecule has 2 bridgehead atoms. The molecule has 4 nitrogen and oxygen atoms in total. The summed E-state index contributed by atoms with van der Waals surface area (Å²) in [5.41, 5.74) is -0.107. The highest BCUT2D eigenvalue weighted by Gasteiger charge is 2.62. The maximum Gasteiger partial charge on any atom is 0.238 e. The van der Waals surface area contributed by atoms with Gasteiger partial charge in [-0.05, 0) is 25.7 Å². The Morgan fingerprint density at radius 3 is 2.80 bits per heavy atom. The van der Waals surface area contributed by atoms with Gasteiger partial charge in [-0.1, -0.05) is 20.3 Å². The Morgan fingerprint density at radius 1 is 1.45 bits per heavy atom. The van der Waals surface area contributed by atoms with Crippen molar-refractivity contribution in [1.29, 1.82) is 0 Å². The van der Waals surface area contributed by atoms with Gasteiger partial charge in [-0.15, -0.1) is 0 Å². The van der Waals surface area contributed by atoms with Crippen LogP contribution in [0.15, 0.2) is 0 Å². The van der Waals surface area contributed by atoms with Crippen molar-refractivity contribution in [3.63, 3.8) is 0 Å². The Balaban J connectivity index is 2.01. The molecule has 2 fully saturated rings. The number of rotatable bonds is 7. The summed E-state index contributed by atoms with van der Waals surface area (Å²) < 4.78 is 18.1. The summed E-state index contributed by atoms with van der Waals surface area (Å²) in [5.74, 6) is 1.20. The van der Waals surface area contributed by atoms with Crippen LogP contribution >= 0.6 is 8.38 Å². The predicted molar refractivity (Wildman–Crippen MR) is 80.6 cm³/mol. The number of hydrogen-bond acceptors (Lipinski definition) is 3. The van der Waals surface area contributed by atoms with Crippen LogP contribution in [0.3, 0.4) is 0 Å². The standard InChI is InChI=1S/C15H26NO3P/c1-6-12-10-15(7-2)14(13(12)11(3)18-15)19-20(5)17-9-8-16-4/h11-14H,6-10H2,1-3,5H3/t11-,12?,13-,14+,15+,20?/m0/s1. The summed E-state index contributed by atoms with van der Waals surface area (Å²) in [6.07, 6.45) is 3.76. The molecule has 5 heteroatoms. The molecule has 1 saturated heterocycles. The number of ether oxygens (including phenoxy) is 1. The van der Waals surface area contributed by atoms with Gasteiger partial charge in [-0.3, -0.25) is 0 Å². The van der Waals surface area contributed by atoms with Crippen LogP contribution in [0.4, 0.5) is 0 Å². The van der Waals surface area contributed by atoms with Gasteiger partial charge in [0.2, 0.25) is 6.54 Å². The van der Waals surface area contributed by atoms with Gasteiger partial charge < -0.3 is 18.6 Å². The van der Waals surface area contributed by atoms with Gasteiger partial charge in [0, 0.05) is 12.6 Å². The first-order valence-corrected chi connectivity index (χ1v) is 9.24. The zero-order valence-electron chi connectivity index (χ0n) is 13.0. The average molecular weight is 299 g/mol. The van der Waals surface area contributed by atoms with E-state index in [1.165, 1.54) is 6.42 Å². The van der Waals surface area contributed by atoms with Crippen molar-refractivity contribution in [3.8, 4) is 0 Å². The molecular weight excluding hydrogens is 273 g/mol. The Morgan fingerprint density at radius 2 is 2.20 bits per heavy atom. The fourth-order valence-electron chi connectivity index (χ4n) is 3.90. The van der Waals surface area contributed by atoms with Crippen LogP contribution in [-0.4, -0.2) is 37.6 Å². The minimum absolute atomic E-state index is 0.107. The molecular formula is C15H26NO3P. The van der Waals surface area contributed by atoms with Crippen LogP contribution < -0.4 is 0 Å². The molecule has 1 heterocycles. The van der Waals surface area contributed by atoms with Crippen molar-refractivity contribution >= 4 is 8.38 Å². The van der Waals surface area contributed by atoms with E-state index in [1.807, 2.05) is 6.66 Å². The fourth-order valence-corrected chi connectivity index (χ4v) is 4.96. The molecule has 2 unspecified atom stereocenters. The van der Waals surface area contributed by atoms with E-state index in [-0.39, 0.29) is 17.8 Å². The fraction of sp³-hybridized carbons (Fsp3) is 0.933. The lowest BCUT2D eigenvalue weighted by Gasteiger charge is -2.33. The first-order chi connectivity index (χ1) is 9.57. The van der Waals surface area contributed by atoms with Gasteiger partial charge in [-0.25, -0.2) is 6.57 Å². The van der Waals surface area contributed by atoms with Crippen molar-refractivity contribution in [1.82, 2.24) is 0 Å². The van der Waals surface area contributed by atoms with Crippen LogP contribution in [0.25, 0.3) is 4.85 Å². The lowest BCUT2D eigenvalue weighted by Crippen LogP contribution is -2.37. The zero-order valence-corrected chi connectivity index (χ0v) is 13.9. The molecule has 0 spiro atoms. The van der Waals surface area contributed by atoms with Crippen LogP contribution in [0.2, 0.25) is 0 Å². The largest absolute Gasteiger partial charge is 0.369 e. The summed E-state index contributed by atoms with van der Waals surface area (Å²) in [7, 11) is -0.920. The second-order valence-electron chi connectivity index (χ2n) is 5.87. The molecule has 0 aromatic carbocycles. The van der Waals surface area contributed by atoms with E-state index in [0.29, 0.717) is 25.0 Å². The highest BCUT2D eigenvalue weighted by Crippen LogP contribution is 2.58. The smallest absolute Gasteiger partial charge is 0.238 e. The predicted octanol–water partition coefficient (Wildman–Crippen LogP) is 3.86. The number of nitrogens with zero attached hydrogens (tertiary/aromatic N) is 1. The molecule has 0 amide bonds. The Kier molecular flexibility index (Phi) is 5.42. The van der Waals surface area contributed by atoms with E-state index >= 15 is 0 Å². The Hall–Kier alpha value is -0.200. The molecule has 0 aromatic rings. The second-order valence-corrected chi connectivity index (χ2v) is 7.22. The summed E-state index contributed by atoms with van der Waals surface area (Å²) in [6, 6.07) is 0. The van der Waals surface area contributed by atoms with Crippen LogP contribution in [0.5, 0.6) is 0 Å². The minimum atomic E-state index is -0.920. The van der Waals surface area contributed by atoms with E-state index in [4.69, 9.17) is 20.4 Å². The topological polar surface area (TPSA) is 32.0 Å². The molecule has 1 saturated carbocycles. The maximum atomic E-state index is 6.78. The summed E-state index contributed by atoms with van der Waals surface area (Å²) in [5, 5.41) is 0. The third kappa shape index (κ3) is 2.88. The van der Waals surface area contributed by atoms with Crippen LogP contribution in [-0.2, 0) is 13.8 Å². The van der Waals surface area contributed by atoms with Crippen LogP contribution in [0.1, 0.15) is 40.0 Å². The van der Waals surface area contributed by atoms with Gasteiger partial charge in [0.15, 0.2) is 8.38 Å². The number of fused-ring (bicyclic) bond motifs is 2. The Bertz CT molecular complexity index is 373. The van der Waals surface area contributed by atoms with Gasteiger partial charge in [0.1, 0.15) is 6.61 Å². The van der Waals surface area contributed by atoms with E-state index in [2.05, 4.69) is 25.6 Å². The molecule has 0 radical (unpaired) electrons. The first-order valence-electron chi connectivity index (χ1n) is 7.62. The molecule has 20 heavy (non-hydrogen) atoms. The summed E-state index contributed by atoms with van der Waals surface area (Å²) in [4.78, 5) is 3.30. The SMILES string of the molecule is [C-]#[N+]CCOP(C)O[C@@H]1[C@@H]2C(CC)C[C@@]1(CC)O[C@H]2C. The normalized spacial score (nSPS) is 40.8. The zero-order chi connectivity index (χ0) is 14.8. The lowest BCUT2D eigenvalue weighted by atomic mass is 9.88. The van der Waals surface area contributed by atoms with Crippen molar-refractivity contribution in [2.75, 3.05) is 19.8 Å². The molecule has 114 valence electrons. The summed E-state index contributed by atoms with van der Waals surface area (Å²) >= 11 is 0. The lowest BCUT2D eigenvalue weighted by molar-refractivity contribution is -0.0947. The molecule has 1 aliphatic carbocycles. The highest BCUT2D eigenvalue weighted by molar-refractivity contribution is 7.46.